The molecule has 0 aliphatic carbocycles. The van der Waals surface area contributed by atoms with Crippen LogP contribution in [0.15, 0.2) is 12.1 Å². The lowest BCUT2D eigenvalue weighted by Crippen LogP contribution is -2.34. The molecule has 0 aliphatic rings. The van der Waals surface area contributed by atoms with E-state index in [1.165, 1.54) is 13.0 Å². The van der Waals surface area contributed by atoms with E-state index in [1.807, 2.05) is 13.8 Å². The summed E-state index contributed by atoms with van der Waals surface area (Å²) in [7, 11) is 0. The summed E-state index contributed by atoms with van der Waals surface area (Å²) in [5, 5.41) is 3.63. The van der Waals surface area contributed by atoms with Gasteiger partial charge in [-0.15, -0.1) is 0 Å². The molecule has 0 spiro atoms. The number of carbonyl (C=O) groups excluding carboxylic acids is 1. The van der Waals surface area contributed by atoms with Gasteiger partial charge in [0.25, 0.3) is 5.91 Å². The van der Waals surface area contributed by atoms with Gasteiger partial charge in [0.1, 0.15) is 11.6 Å². The number of halogens is 3. The molecule has 0 aromatic heterocycles. The average molecular weight is 348 g/mol. The number of benzene rings is 1. The lowest BCUT2D eigenvalue weighted by atomic mass is 9.88. The van der Waals surface area contributed by atoms with Gasteiger partial charge in [-0.25, -0.2) is 8.78 Å². The van der Waals surface area contributed by atoms with Crippen molar-refractivity contribution in [1.29, 1.82) is 0 Å². The van der Waals surface area contributed by atoms with E-state index in [9.17, 15) is 13.6 Å². The standard InChI is InChI=1S/C15H20BrF2NO/c1-10-7-11(13(18)8-12(10)17)14(20)19-9-15(2,3)5-4-6-16/h7-8H,4-6,9H2,1-3H3,(H,19,20). The fourth-order valence-electron chi connectivity index (χ4n) is 1.88. The molecule has 0 heterocycles. The van der Waals surface area contributed by atoms with Crippen LogP contribution < -0.4 is 5.32 Å². The zero-order chi connectivity index (χ0) is 15.3. The molecule has 0 unspecified atom stereocenters. The Balaban J connectivity index is 2.70. The van der Waals surface area contributed by atoms with Crippen molar-refractivity contribution in [3.05, 3.63) is 34.9 Å². The molecule has 1 amide bonds. The van der Waals surface area contributed by atoms with Crippen LogP contribution in [-0.4, -0.2) is 17.8 Å². The molecule has 0 saturated heterocycles. The van der Waals surface area contributed by atoms with Gasteiger partial charge in [-0.2, -0.15) is 0 Å². The first-order chi connectivity index (χ1) is 9.26. The first-order valence-electron chi connectivity index (χ1n) is 6.56. The maximum atomic E-state index is 13.6. The molecule has 1 aromatic rings. The molecule has 0 aliphatic heterocycles. The lowest BCUT2D eigenvalue weighted by Gasteiger charge is -2.24. The number of nitrogens with one attached hydrogen (secondary N) is 1. The van der Waals surface area contributed by atoms with E-state index in [0.717, 1.165) is 24.2 Å². The zero-order valence-corrected chi connectivity index (χ0v) is 13.6. The van der Waals surface area contributed by atoms with E-state index in [4.69, 9.17) is 0 Å². The van der Waals surface area contributed by atoms with Crippen molar-refractivity contribution in [3.63, 3.8) is 0 Å². The molecule has 0 atom stereocenters. The topological polar surface area (TPSA) is 29.1 Å². The predicted molar refractivity (Wildman–Crippen MR) is 80.2 cm³/mol. The number of alkyl halides is 1. The van der Waals surface area contributed by atoms with Gasteiger partial charge in [-0.05, 0) is 36.8 Å². The van der Waals surface area contributed by atoms with Gasteiger partial charge in [0.05, 0.1) is 5.56 Å². The first kappa shape index (κ1) is 17.1. The van der Waals surface area contributed by atoms with Crippen LogP contribution in [0.3, 0.4) is 0 Å². The smallest absolute Gasteiger partial charge is 0.254 e. The number of hydrogen-bond donors (Lipinski definition) is 1. The summed E-state index contributed by atoms with van der Waals surface area (Å²) in [5.74, 6) is -1.97. The van der Waals surface area contributed by atoms with Gasteiger partial charge in [-0.3, -0.25) is 4.79 Å². The van der Waals surface area contributed by atoms with Crippen LogP contribution in [0.25, 0.3) is 0 Å². The van der Waals surface area contributed by atoms with Crippen LogP contribution in [-0.2, 0) is 0 Å². The fraction of sp³-hybridized carbons (Fsp3) is 0.533. The number of rotatable bonds is 6. The zero-order valence-electron chi connectivity index (χ0n) is 12.0. The Hall–Kier alpha value is -0.970. The first-order valence-corrected chi connectivity index (χ1v) is 7.69. The van der Waals surface area contributed by atoms with Crippen molar-refractivity contribution in [1.82, 2.24) is 5.32 Å². The van der Waals surface area contributed by atoms with Crippen LogP contribution >= 0.6 is 15.9 Å². The second kappa shape index (κ2) is 7.16. The normalized spacial score (nSPS) is 11.5. The number of hydrogen-bond acceptors (Lipinski definition) is 1. The molecular formula is C15H20BrF2NO. The Morgan fingerprint density at radius 3 is 2.55 bits per heavy atom. The summed E-state index contributed by atoms with van der Waals surface area (Å²) in [6, 6.07) is 1.99. The molecule has 112 valence electrons. The molecule has 5 heteroatoms. The Morgan fingerprint density at radius 1 is 1.30 bits per heavy atom. The Bertz CT molecular complexity index is 489. The van der Waals surface area contributed by atoms with Crippen molar-refractivity contribution in [2.24, 2.45) is 5.41 Å². The highest BCUT2D eigenvalue weighted by molar-refractivity contribution is 9.09. The lowest BCUT2D eigenvalue weighted by molar-refractivity contribution is 0.0930. The highest BCUT2D eigenvalue weighted by Gasteiger charge is 2.20. The predicted octanol–water partition coefficient (Wildman–Crippen LogP) is 4.20. The van der Waals surface area contributed by atoms with Crippen LogP contribution in [0, 0.1) is 24.0 Å². The van der Waals surface area contributed by atoms with E-state index in [2.05, 4.69) is 21.2 Å². The minimum absolute atomic E-state index is 0.0605. The molecule has 0 bridgehead atoms. The second-order valence-electron chi connectivity index (χ2n) is 5.72. The number of carbonyl (C=O) groups is 1. The van der Waals surface area contributed by atoms with Gasteiger partial charge < -0.3 is 5.32 Å². The molecule has 20 heavy (non-hydrogen) atoms. The molecule has 0 fully saturated rings. The van der Waals surface area contributed by atoms with Crippen molar-refractivity contribution in [2.75, 3.05) is 11.9 Å². The summed E-state index contributed by atoms with van der Waals surface area (Å²) in [5.41, 5.74) is 0.0879. The third kappa shape index (κ3) is 4.85. The summed E-state index contributed by atoms with van der Waals surface area (Å²) in [6.45, 7) is 6.05. The van der Waals surface area contributed by atoms with Gasteiger partial charge >= 0.3 is 0 Å². The minimum atomic E-state index is -0.830. The van der Waals surface area contributed by atoms with Gasteiger partial charge in [-0.1, -0.05) is 29.8 Å². The van der Waals surface area contributed by atoms with Crippen molar-refractivity contribution < 1.29 is 13.6 Å². The third-order valence-electron chi connectivity index (χ3n) is 3.21. The number of aryl methyl sites for hydroxylation is 1. The summed E-state index contributed by atoms with van der Waals surface area (Å²) in [6.07, 6.45) is 1.95. The second-order valence-corrected chi connectivity index (χ2v) is 6.51. The van der Waals surface area contributed by atoms with Crippen molar-refractivity contribution >= 4 is 21.8 Å². The maximum Gasteiger partial charge on any atom is 0.254 e. The summed E-state index contributed by atoms with van der Waals surface area (Å²) in [4.78, 5) is 12.0. The van der Waals surface area contributed by atoms with E-state index in [1.54, 1.807) is 0 Å². The molecule has 0 radical (unpaired) electrons. The largest absolute Gasteiger partial charge is 0.351 e. The summed E-state index contributed by atoms with van der Waals surface area (Å²) >= 11 is 3.37. The van der Waals surface area contributed by atoms with Crippen molar-refractivity contribution in [2.45, 2.75) is 33.6 Å². The Kier molecular flexibility index (Phi) is 6.11. The van der Waals surface area contributed by atoms with Crippen LogP contribution in [0.5, 0.6) is 0 Å². The molecule has 1 rings (SSSR count). The molecule has 0 saturated carbocycles. The SMILES string of the molecule is Cc1cc(C(=O)NCC(C)(C)CCCBr)c(F)cc1F. The third-order valence-corrected chi connectivity index (χ3v) is 3.77. The molecule has 1 aromatic carbocycles. The highest BCUT2D eigenvalue weighted by atomic mass is 79.9. The summed E-state index contributed by atoms with van der Waals surface area (Å²) < 4.78 is 26.8. The van der Waals surface area contributed by atoms with E-state index >= 15 is 0 Å². The monoisotopic (exact) mass is 347 g/mol. The van der Waals surface area contributed by atoms with E-state index in [0.29, 0.717) is 6.54 Å². The van der Waals surface area contributed by atoms with Crippen LogP contribution in [0.1, 0.15) is 42.6 Å². The van der Waals surface area contributed by atoms with E-state index < -0.39 is 17.5 Å². The van der Waals surface area contributed by atoms with Crippen LogP contribution in [0.2, 0.25) is 0 Å². The van der Waals surface area contributed by atoms with E-state index in [-0.39, 0.29) is 16.5 Å². The maximum absolute atomic E-state index is 13.6. The van der Waals surface area contributed by atoms with Crippen molar-refractivity contribution in [3.8, 4) is 0 Å². The number of amides is 1. The fourth-order valence-corrected chi connectivity index (χ4v) is 2.16. The average Bonchev–Trinajstić information content (AvgIpc) is 2.38. The van der Waals surface area contributed by atoms with Gasteiger partial charge in [0.2, 0.25) is 0 Å². The minimum Gasteiger partial charge on any atom is -0.351 e. The van der Waals surface area contributed by atoms with Gasteiger partial charge in [0, 0.05) is 17.9 Å². The van der Waals surface area contributed by atoms with Crippen LogP contribution in [0.4, 0.5) is 8.78 Å². The molecule has 2 nitrogen and oxygen atoms in total. The Labute approximate surface area is 127 Å². The van der Waals surface area contributed by atoms with Gasteiger partial charge in [0.15, 0.2) is 0 Å². The quantitative estimate of drug-likeness (QED) is 0.767. The molecule has 1 N–H and O–H groups in total. The molecular weight excluding hydrogens is 328 g/mol. The Morgan fingerprint density at radius 2 is 1.95 bits per heavy atom. The highest BCUT2D eigenvalue weighted by Crippen LogP contribution is 2.22.